The Kier molecular flexibility index (Phi) is 7.65. The van der Waals surface area contributed by atoms with Crippen LogP contribution in [0.5, 0.6) is 0 Å². The molecule has 0 aromatic carbocycles. The van der Waals surface area contributed by atoms with E-state index in [-0.39, 0.29) is 24.7 Å². The molecule has 0 aromatic rings. The molecule has 0 amide bonds. The van der Waals surface area contributed by atoms with E-state index in [1.807, 2.05) is 0 Å². The smallest absolute Gasteiger partial charge is 0.146 e. The number of nitrogens with two attached hydrogens (primary N) is 1. The fraction of sp³-hybridized carbons (Fsp3) is 0.333. The molecule has 1 radical (unpaired) electrons. The maximum Gasteiger partial charge on any atom is 0.146 e. The van der Waals surface area contributed by atoms with E-state index in [1.54, 1.807) is 0 Å². The Hall–Kier alpha value is -0.0800. The van der Waals surface area contributed by atoms with E-state index in [0.717, 1.165) is 0 Å². The second-order valence-corrected chi connectivity index (χ2v) is 0.743. The molecule has 0 rings (SSSR count). The van der Waals surface area contributed by atoms with Gasteiger partial charge < -0.3 is 5.73 Å². The van der Waals surface area contributed by atoms with Gasteiger partial charge in [-0.3, -0.25) is 4.79 Å². The number of halogens is 1. The third-order valence-electron chi connectivity index (χ3n) is 0.228. The Bertz CT molecular complexity index is 46.1. The summed E-state index contributed by atoms with van der Waals surface area (Å²) >= 11 is 0. The van der Waals surface area contributed by atoms with Gasteiger partial charge in [0.05, 0.1) is 6.54 Å². The molecule has 2 N–H and O–H groups in total. The molecule has 0 saturated carbocycles. The Morgan fingerprint density at radius 2 is 2.00 bits per heavy atom. The molecule has 0 heterocycles. The molecule has 0 fully saturated rings. The van der Waals surface area contributed by atoms with E-state index in [2.05, 4.69) is 6.92 Å². The highest BCUT2D eigenvalue weighted by Gasteiger charge is 1.77. The molecule has 3 heteroatoms. The molecular weight excluding hydrogens is 101 g/mol. The zero-order chi connectivity index (χ0) is 4.28. The molecule has 0 aliphatic heterocycles. The first kappa shape index (κ1) is 9.33. The van der Waals surface area contributed by atoms with Gasteiger partial charge in [0, 0.05) is 6.92 Å². The maximum absolute atomic E-state index is 9.58. The van der Waals surface area contributed by atoms with Crippen LogP contribution in [-0.2, 0) is 4.79 Å². The molecular formula is C3H7ClNO. The highest BCUT2D eigenvalue weighted by Crippen LogP contribution is 1.50. The lowest BCUT2D eigenvalue weighted by atomic mass is 10.5. The zero-order valence-electron chi connectivity index (χ0n) is 3.31. The molecule has 37 valence electrons. The van der Waals surface area contributed by atoms with Crippen LogP contribution in [0.1, 0.15) is 0 Å². The first-order chi connectivity index (χ1) is 2.27. The highest BCUT2D eigenvalue weighted by molar-refractivity contribution is 5.85. The van der Waals surface area contributed by atoms with Crippen molar-refractivity contribution in [3.8, 4) is 0 Å². The summed E-state index contributed by atoms with van der Waals surface area (Å²) in [7, 11) is 0. The number of rotatable bonds is 1. The Labute approximate surface area is 43.1 Å². The van der Waals surface area contributed by atoms with E-state index in [1.165, 1.54) is 0 Å². The van der Waals surface area contributed by atoms with Gasteiger partial charge in [-0.2, -0.15) is 0 Å². The van der Waals surface area contributed by atoms with Crippen LogP contribution in [0.15, 0.2) is 0 Å². The molecule has 0 spiro atoms. The lowest BCUT2D eigenvalue weighted by Gasteiger charge is -1.72. The first-order valence-corrected chi connectivity index (χ1v) is 1.32. The number of carbonyl (C=O) groups is 1. The van der Waals surface area contributed by atoms with E-state index in [9.17, 15) is 4.79 Å². The number of carbonyl (C=O) groups excluding carboxylic acids is 1. The Balaban J connectivity index is 0. The molecule has 0 unspecified atom stereocenters. The van der Waals surface area contributed by atoms with E-state index in [4.69, 9.17) is 5.73 Å². The van der Waals surface area contributed by atoms with Crippen molar-refractivity contribution in [2.45, 2.75) is 0 Å². The quantitative estimate of drug-likeness (QED) is 0.504. The van der Waals surface area contributed by atoms with Crippen molar-refractivity contribution < 1.29 is 4.79 Å². The average molecular weight is 109 g/mol. The monoisotopic (exact) mass is 108 g/mol. The number of hydrogen-bond acceptors (Lipinski definition) is 2. The van der Waals surface area contributed by atoms with E-state index < -0.39 is 0 Å². The van der Waals surface area contributed by atoms with Crippen molar-refractivity contribution in [2.75, 3.05) is 6.54 Å². The van der Waals surface area contributed by atoms with Crippen LogP contribution >= 0.6 is 12.4 Å². The lowest BCUT2D eigenvalue weighted by molar-refractivity contribution is -0.113. The number of Topliss-reactive ketones (excluding diaryl/α,β-unsaturated/α-hetero) is 1. The SMILES string of the molecule is Cl.[CH2]C(=O)CN. The molecule has 0 aliphatic carbocycles. The van der Waals surface area contributed by atoms with Crippen LogP contribution < -0.4 is 5.73 Å². The summed E-state index contributed by atoms with van der Waals surface area (Å²) in [5, 5.41) is 0. The second kappa shape index (κ2) is 4.92. The van der Waals surface area contributed by atoms with Crippen LogP contribution in [0.4, 0.5) is 0 Å². The van der Waals surface area contributed by atoms with Crippen molar-refractivity contribution >= 4 is 18.2 Å². The van der Waals surface area contributed by atoms with Gasteiger partial charge in [0.25, 0.3) is 0 Å². The highest BCUT2D eigenvalue weighted by atomic mass is 35.5. The topological polar surface area (TPSA) is 43.1 Å². The number of hydrogen-bond donors (Lipinski definition) is 1. The van der Waals surface area contributed by atoms with Crippen LogP contribution in [0.3, 0.4) is 0 Å². The minimum Gasteiger partial charge on any atom is -0.324 e. The third-order valence-corrected chi connectivity index (χ3v) is 0.228. The molecule has 0 atom stereocenters. The fourth-order valence-electron chi connectivity index (χ4n) is 0. The number of ketones is 1. The van der Waals surface area contributed by atoms with E-state index in [0.29, 0.717) is 0 Å². The van der Waals surface area contributed by atoms with Crippen molar-refractivity contribution in [3.63, 3.8) is 0 Å². The summed E-state index contributed by atoms with van der Waals surface area (Å²) in [6.45, 7) is 3.05. The summed E-state index contributed by atoms with van der Waals surface area (Å²) in [5.41, 5.74) is 4.76. The Morgan fingerprint density at radius 3 is 2.00 bits per heavy atom. The minimum absolute atomic E-state index is 0. The van der Waals surface area contributed by atoms with Gasteiger partial charge >= 0.3 is 0 Å². The summed E-state index contributed by atoms with van der Waals surface area (Å²) in [6.07, 6.45) is 0. The van der Waals surface area contributed by atoms with Crippen LogP contribution in [0.25, 0.3) is 0 Å². The van der Waals surface area contributed by atoms with Crippen molar-refractivity contribution in [1.82, 2.24) is 0 Å². The molecule has 0 aliphatic rings. The van der Waals surface area contributed by atoms with Crippen LogP contribution in [0.2, 0.25) is 0 Å². The van der Waals surface area contributed by atoms with Gasteiger partial charge in [-0.1, -0.05) is 0 Å². The summed E-state index contributed by atoms with van der Waals surface area (Å²) in [5.74, 6) is -0.218. The minimum atomic E-state index is -0.218. The largest absolute Gasteiger partial charge is 0.324 e. The fourth-order valence-corrected chi connectivity index (χ4v) is 0. The van der Waals surface area contributed by atoms with Gasteiger partial charge in [0.15, 0.2) is 0 Å². The Morgan fingerprint density at radius 1 is 1.83 bits per heavy atom. The van der Waals surface area contributed by atoms with Crippen molar-refractivity contribution in [3.05, 3.63) is 6.92 Å². The standard InChI is InChI=1S/C3H6NO.ClH/c1-3(5)2-4;/h1-2,4H2;1H. The van der Waals surface area contributed by atoms with Gasteiger partial charge in [-0.15, -0.1) is 12.4 Å². The second-order valence-electron chi connectivity index (χ2n) is 0.743. The van der Waals surface area contributed by atoms with E-state index >= 15 is 0 Å². The maximum atomic E-state index is 9.58. The van der Waals surface area contributed by atoms with Crippen LogP contribution in [-0.4, -0.2) is 12.3 Å². The van der Waals surface area contributed by atoms with Crippen LogP contribution in [0, 0.1) is 6.92 Å². The molecule has 0 aromatic heterocycles. The summed E-state index contributed by atoms with van der Waals surface area (Å²) in [6, 6.07) is 0. The molecule has 0 bridgehead atoms. The molecule has 6 heavy (non-hydrogen) atoms. The predicted molar refractivity (Wildman–Crippen MR) is 26.7 cm³/mol. The molecule has 2 nitrogen and oxygen atoms in total. The van der Waals surface area contributed by atoms with Gasteiger partial charge in [0.2, 0.25) is 0 Å². The molecule has 0 saturated heterocycles. The van der Waals surface area contributed by atoms with Gasteiger partial charge in [0.1, 0.15) is 5.78 Å². The predicted octanol–water partition coefficient (Wildman–Crippen LogP) is -0.230. The summed E-state index contributed by atoms with van der Waals surface area (Å²) in [4.78, 5) is 9.58. The van der Waals surface area contributed by atoms with Crippen molar-refractivity contribution in [2.24, 2.45) is 5.73 Å². The zero-order valence-corrected chi connectivity index (χ0v) is 4.12. The van der Waals surface area contributed by atoms with Gasteiger partial charge in [-0.05, 0) is 0 Å². The average Bonchev–Trinajstić information content (AvgIpc) is 1.38. The first-order valence-electron chi connectivity index (χ1n) is 1.32. The summed E-state index contributed by atoms with van der Waals surface area (Å²) < 4.78 is 0. The van der Waals surface area contributed by atoms with Gasteiger partial charge in [-0.25, -0.2) is 0 Å². The normalized spacial score (nSPS) is 6.33. The van der Waals surface area contributed by atoms with Crippen molar-refractivity contribution in [1.29, 1.82) is 0 Å². The lowest BCUT2D eigenvalue weighted by Crippen LogP contribution is -2.08. The third kappa shape index (κ3) is 9.07.